The summed E-state index contributed by atoms with van der Waals surface area (Å²) in [5.74, 6) is 0.399. The van der Waals surface area contributed by atoms with Crippen molar-refractivity contribution >= 4 is 11.6 Å². The number of piperidine rings is 1. The van der Waals surface area contributed by atoms with Crippen LogP contribution in [0.2, 0.25) is 0 Å². The Morgan fingerprint density at radius 3 is 2.74 bits per heavy atom. The van der Waals surface area contributed by atoms with Gasteiger partial charge < -0.3 is 20.6 Å². The summed E-state index contributed by atoms with van der Waals surface area (Å²) >= 11 is 0. The van der Waals surface area contributed by atoms with Crippen LogP contribution in [-0.4, -0.2) is 42.3 Å². The van der Waals surface area contributed by atoms with Crippen LogP contribution in [0.1, 0.15) is 50.5 Å². The topological polar surface area (TPSA) is 64.6 Å². The minimum Gasteiger partial charge on any atom is -0.393 e. The summed E-state index contributed by atoms with van der Waals surface area (Å²) in [6, 6.07) is 5.57. The predicted molar refractivity (Wildman–Crippen MR) is 103 cm³/mol. The SMILES string of the molecule is O=C(NCc1ccc(N2CCC(O)CC2)c(F)c1)[C@@H]1C[C@@H]2CCCC[C@H]2N1. The van der Waals surface area contributed by atoms with Crippen molar-refractivity contribution in [3.63, 3.8) is 0 Å². The highest BCUT2D eigenvalue weighted by Crippen LogP contribution is 2.33. The Morgan fingerprint density at radius 1 is 1.22 bits per heavy atom. The molecule has 1 aromatic rings. The zero-order valence-corrected chi connectivity index (χ0v) is 15.8. The van der Waals surface area contributed by atoms with Crippen LogP contribution in [-0.2, 0) is 11.3 Å². The summed E-state index contributed by atoms with van der Waals surface area (Å²) < 4.78 is 14.5. The lowest BCUT2D eigenvalue weighted by Crippen LogP contribution is -2.42. The summed E-state index contributed by atoms with van der Waals surface area (Å²) in [5.41, 5.74) is 1.36. The molecule has 1 aromatic carbocycles. The van der Waals surface area contributed by atoms with Crippen molar-refractivity contribution in [1.29, 1.82) is 0 Å². The van der Waals surface area contributed by atoms with E-state index in [2.05, 4.69) is 10.6 Å². The second-order valence-electron chi connectivity index (χ2n) is 8.33. The van der Waals surface area contributed by atoms with Gasteiger partial charge in [-0.2, -0.15) is 0 Å². The van der Waals surface area contributed by atoms with Gasteiger partial charge in [-0.15, -0.1) is 0 Å². The van der Waals surface area contributed by atoms with E-state index in [0.29, 0.717) is 50.1 Å². The Morgan fingerprint density at radius 2 is 2.00 bits per heavy atom. The van der Waals surface area contributed by atoms with Crippen LogP contribution >= 0.6 is 0 Å². The zero-order chi connectivity index (χ0) is 18.8. The highest BCUT2D eigenvalue weighted by atomic mass is 19.1. The lowest BCUT2D eigenvalue weighted by atomic mass is 9.85. The third-order valence-electron chi connectivity index (χ3n) is 6.46. The fraction of sp³-hybridized carbons (Fsp3) is 0.667. The van der Waals surface area contributed by atoms with Crippen molar-refractivity contribution in [2.24, 2.45) is 5.92 Å². The highest BCUT2D eigenvalue weighted by molar-refractivity contribution is 5.82. The Kier molecular flexibility index (Phi) is 5.64. The van der Waals surface area contributed by atoms with Gasteiger partial charge in [-0.1, -0.05) is 18.9 Å². The monoisotopic (exact) mass is 375 g/mol. The van der Waals surface area contributed by atoms with Crippen molar-refractivity contribution in [2.75, 3.05) is 18.0 Å². The van der Waals surface area contributed by atoms with Crippen molar-refractivity contribution in [3.8, 4) is 0 Å². The normalized spacial score (nSPS) is 28.8. The van der Waals surface area contributed by atoms with Crippen LogP contribution < -0.4 is 15.5 Å². The number of anilines is 1. The quantitative estimate of drug-likeness (QED) is 0.756. The van der Waals surface area contributed by atoms with Crippen LogP contribution in [0.3, 0.4) is 0 Å². The molecule has 0 bridgehead atoms. The highest BCUT2D eigenvalue weighted by Gasteiger charge is 2.38. The zero-order valence-electron chi connectivity index (χ0n) is 15.8. The second kappa shape index (κ2) is 8.15. The molecule has 3 aliphatic rings. The van der Waals surface area contributed by atoms with Gasteiger partial charge in [0.1, 0.15) is 5.82 Å². The lowest BCUT2D eigenvalue weighted by molar-refractivity contribution is -0.123. The number of rotatable bonds is 4. The number of aliphatic hydroxyl groups is 1. The standard InChI is InChI=1S/C21H30FN3O2/c22-17-11-14(5-6-20(17)25-9-7-16(26)8-10-25)13-23-21(27)19-12-15-3-1-2-4-18(15)24-19/h5-6,11,15-16,18-19,24,26H,1-4,7-10,12-13H2,(H,23,27)/t15-,18+,19-/m0/s1. The molecule has 0 unspecified atom stereocenters. The molecule has 3 atom stereocenters. The Hall–Kier alpha value is -1.66. The van der Waals surface area contributed by atoms with Crippen molar-refractivity contribution in [3.05, 3.63) is 29.6 Å². The van der Waals surface area contributed by atoms with Gasteiger partial charge in [0.25, 0.3) is 0 Å². The van der Waals surface area contributed by atoms with Crippen LogP contribution in [0.25, 0.3) is 0 Å². The summed E-state index contributed by atoms with van der Waals surface area (Å²) in [7, 11) is 0. The molecule has 2 aliphatic heterocycles. The molecule has 0 spiro atoms. The maximum absolute atomic E-state index is 14.5. The molecule has 1 aliphatic carbocycles. The number of benzene rings is 1. The van der Waals surface area contributed by atoms with E-state index in [4.69, 9.17) is 0 Å². The van der Waals surface area contributed by atoms with Gasteiger partial charge >= 0.3 is 0 Å². The van der Waals surface area contributed by atoms with E-state index < -0.39 is 0 Å². The van der Waals surface area contributed by atoms with E-state index in [1.165, 1.54) is 31.7 Å². The predicted octanol–water partition coefficient (Wildman–Crippen LogP) is 2.32. The number of nitrogens with one attached hydrogen (secondary N) is 2. The number of nitrogens with zero attached hydrogens (tertiary/aromatic N) is 1. The molecule has 27 heavy (non-hydrogen) atoms. The number of amides is 1. The Bertz CT molecular complexity index is 661. The minimum absolute atomic E-state index is 0.0268. The van der Waals surface area contributed by atoms with Crippen molar-refractivity contribution < 1.29 is 14.3 Å². The molecule has 0 radical (unpaired) electrons. The third-order valence-corrected chi connectivity index (χ3v) is 6.46. The van der Waals surface area contributed by atoms with Crippen molar-refractivity contribution in [2.45, 2.75) is 69.7 Å². The van der Waals surface area contributed by atoms with Gasteiger partial charge in [0.2, 0.25) is 5.91 Å². The molecular formula is C21H30FN3O2. The average molecular weight is 375 g/mol. The fourth-order valence-electron chi connectivity index (χ4n) is 4.86. The molecule has 3 N–H and O–H groups in total. The number of hydrogen-bond acceptors (Lipinski definition) is 4. The Labute approximate surface area is 160 Å². The summed E-state index contributed by atoms with van der Waals surface area (Å²) in [4.78, 5) is 14.5. The number of hydrogen-bond donors (Lipinski definition) is 3. The molecular weight excluding hydrogens is 345 g/mol. The number of carbonyl (C=O) groups is 1. The molecule has 1 amide bonds. The van der Waals surface area contributed by atoms with Crippen LogP contribution in [0.4, 0.5) is 10.1 Å². The molecule has 2 saturated heterocycles. The molecule has 4 rings (SSSR count). The second-order valence-corrected chi connectivity index (χ2v) is 8.33. The first kappa shape index (κ1) is 18.7. The van der Waals surface area contributed by atoms with Crippen LogP contribution in [0.5, 0.6) is 0 Å². The summed E-state index contributed by atoms with van der Waals surface area (Å²) in [5, 5.41) is 16.1. The maximum Gasteiger partial charge on any atom is 0.237 e. The maximum atomic E-state index is 14.5. The molecule has 1 saturated carbocycles. The van der Waals surface area contributed by atoms with E-state index >= 15 is 0 Å². The fourth-order valence-corrected chi connectivity index (χ4v) is 4.86. The smallest absolute Gasteiger partial charge is 0.237 e. The summed E-state index contributed by atoms with van der Waals surface area (Å²) in [6.07, 6.45) is 6.93. The largest absolute Gasteiger partial charge is 0.393 e. The molecule has 2 heterocycles. The first-order valence-electron chi connectivity index (χ1n) is 10.4. The van der Waals surface area contributed by atoms with E-state index in [1.54, 1.807) is 6.07 Å². The van der Waals surface area contributed by atoms with Gasteiger partial charge in [-0.25, -0.2) is 4.39 Å². The third kappa shape index (κ3) is 4.27. The molecule has 0 aromatic heterocycles. The number of carbonyl (C=O) groups excluding carboxylic acids is 1. The molecule has 3 fully saturated rings. The van der Waals surface area contributed by atoms with E-state index in [1.807, 2.05) is 11.0 Å². The van der Waals surface area contributed by atoms with E-state index in [0.717, 1.165) is 12.0 Å². The number of halogens is 1. The van der Waals surface area contributed by atoms with Gasteiger partial charge in [-0.3, -0.25) is 4.79 Å². The first-order valence-corrected chi connectivity index (χ1v) is 10.4. The molecule has 6 heteroatoms. The number of fused-ring (bicyclic) bond motifs is 1. The molecule has 148 valence electrons. The first-order chi connectivity index (χ1) is 13.1. The van der Waals surface area contributed by atoms with Crippen LogP contribution in [0.15, 0.2) is 18.2 Å². The van der Waals surface area contributed by atoms with Gasteiger partial charge in [-0.05, 0) is 55.7 Å². The van der Waals surface area contributed by atoms with Crippen LogP contribution in [0, 0.1) is 11.7 Å². The Balaban J connectivity index is 1.31. The average Bonchev–Trinajstić information content (AvgIpc) is 3.11. The van der Waals surface area contributed by atoms with E-state index in [-0.39, 0.29) is 23.9 Å². The van der Waals surface area contributed by atoms with Gasteiger partial charge in [0.15, 0.2) is 0 Å². The van der Waals surface area contributed by atoms with E-state index in [9.17, 15) is 14.3 Å². The number of aliphatic hydroxyl groups excluding tert-OH is 1. The molecule has 5 nitrogen and oxygen atoms in total. The lowest BCUT2D eigenvalue weighted by Gasteiger charge is -2.31. The minimum atomic E-state index is -0.271. The van der Waals surface area contributed by atoms with Gasteiger partial charge in [0, 0.05) is 25.7 Å². The van der Waals surface area contributed by atoms with Crippen molar-refractivity contribution in [1.82, 2.24) is 10.6 Å². The van der Waals surface area contributed by atoms with Gasteiger partial charge in [0.05, 0.1) is 17.8 Å². The summed E-state index contributed by atoms with van der Waals surface area (Å²) in [6.45, 7) is 1.69.